The van der Waals surface area contributed by atoms with Crippen molar-refractivity contribution < 1.29 is 4.79 Å². The summed E-state index contributed by atoms with van der Waals surface area (Å²) >= 11 is 3.44. The molecule has 1 atom stereocenters. The second-order valence-electron chi connectivity index (χ2n) is 6.08. The minimum Gasteiger partial charge on any atom is -0.354 e. The van der Waals surface area contributed by atoms with Crippen LogP contribution in [0.15, 0.2) is 22.9 Å². The van der Waals surface area contributed by atoms with Gasteiger partial charge in [-0.25, -0.2) is 4.98 Å². The summed E-state index contributed by atoms with van der Waals surface area (Å²) in [5.41, 5.74) is 6.56. The fourth-order valence-corrected chi connectivity index (χ4v) is 4.68. The maximum absolute atomic E-state index is 11.7. The second-order valence-corrected chi connectivity index (χ2v) is 7.89. The molecule has 0 aliphatic carbocycles. The smallest absolute Gasteiger partial charge is 0.221 e. The largest absolute Gasteiger partial charge is 0.354 e. The lowest BCUT2D eigenvalue weighted by Crippen LogP contribution is -2.46. The molecule has 0 spiro atoms. The van der Waals surface area contributed by atoms with Gasteiger partial charge in [-0.15, -0.1) is 35.1 Å². The Morgan fingerprint density at radius 1 is 1.40 bits per heavy atom. The van der Waals surface area contributed by atoms with Crippen molar-refractivity contribution in [3.8, 4) is 9.88 Å². The predicted molar refractivity (Wildman–Crippen MR) is 107 cm³/mol. The molecule has 0 radical (unpaired) electrons. The monoisotopic (exact) mass is 400 g/mol. The fraction of sp³-hybridized carbons (Fsp3) is 0.529. The van der Waals surface area contributed by atoms with Gasteiger partial charge in [-0.05, 0) is 30.8 Å². The summed E-state index contributed by atoms with van der Waals surface area (Å²) < 4.78 is 0. The summed E-state index contributed by atoms with van der Waals surface area (Å²) in [6, 6.07) is 4.57. The zero-order valence-corrected chi connectivity index (χ0v) is 16.6. The number of nitrogens with one attached hydrogen (secondary N) is 1. The Kier molecular flexibility index (Phi) is 8.32. The van der Waals surface area contributed by atoms with Gasteiger partial charge in [0.15, 0.2) is 0 Å². The molecule has 1 fully saturated rings. The van der Waals surface area contributed by atoms with Crippen LogP contribution in [0.4, 0.5) is 0 Å². The summed E-state index contributed by atoms with van der Waals surface area (Å²) in [6.07, 6.45) is 3.98. The number of aromatic nitrogens is 1. The van der Waals surface area contributed by atoms with Crippen LogP contribution in [-0.2, 0) is 11.3 Å². The molecule has 1 aliphatic rings. The minimum absolute atomic E-state index is 0. The van der Waals surface area contributed by atoms with E-state index >= 15 is 0 Å². The van der Waals surface area contributed by atoms with E-state index in [0.717, 1.165) is 30.2 Å². The standard InChI is InChI=1S/C17H24N4OS2.ClH/c18-7-6-16(22)19-10-14-4-1-2-8-21(14)11-13-12-24-17(20-13)15-5-3-9-23-15;/h3,5,9,12,14H,1-2,4,6-8,10-11,18H2,(H,19,22);1H. The Hall–Kier alpha value is -0.990. The number of nitrogens with two attached hydrogens (primary N) is 1. The summed E-state index contributed by atoms with van der Waals surface area (Å²) in [4.78, 5) is 20.1. The van der Waals surface area contributed by atoms with E-state index in [0.29, 0.717) is 25.6 Å². The molecule has 0 aromatic carbocycles. The highest BCUT2D eigenvalue weighted by molar-refractivity contribution is 7.20. The number of nitrogens with zero attached hydrogens (tertiary/aromatic N) is 2. The van der Waals surface area contributed by atoms with Crippen LogP contribution in [0, 0.1) is 0 Å². The van der Waals surface area contributed by atoms with E-state index in [1.54, 1.807) is 22.7 Å². The SMILES string of the molecule is Cl.NCCC(=O)NCC1CCCCN1Cc1csc(-c2cccs2)n1. The lowest BCUT2D eigenvalue weighted by Gasteiger charge is -2.35. The number of hydrogen-bond donors (Lipinski definition) is 2. The average Bonchev–Trinajstić information content (AvgIpc) is 3.25. The van der Waals surface area contributed by atoms with Crippen molar-refractivity contribution in [3.05, 3.63) is 28.6 Å². The number of hydrogen-bond acceptors (Lipinski definition) is 6. The van der Waals surface area contributed by atoms with Crippen LogP contribution in [-0.4, -0.2) is 41.5 Å². The lowest BCUT2D eigenvalue weighted by molar-refractivity contribution is -0.121. The van der Waals surface area contributed by atoms with Gasteiger partial charge in [-0.3, -0.25) is 9.69 Å². The molecule has 3 heterocycles. The van der Waals surface area contributed by atoms with Crippen molar-refractivity contribution in [2.24, 2.45) is 5.73 Å². The fourth-order valence-electron chi connectivity index (χ4n) is 3.05. The van der Waals surface area contributed by atoms with Crippen LogP contribution in [0.2, 0.25) is 0 Å². The van der Waals surface area contributed by atoms with E-state index in [2.05, 4.69) is 33.1 Å². The first kappa shape index (κ1) is 20.3. The van der Waals surface area contributed by atoms with E-state index in [9.17, 15) is 4.79 Å². The molecular weight excluding hydrogens is 376 g/mol. The average molecular weight is 401 g/mol. The lowest BCUT2D eigenvalue weighted by atomic mass is 10.0. The van der Waals surface area contributed by atoms with Gasteiger partial charge in [0.2, 0.25) is 5.91 Å². The number of piperidine rings is 1. The zero-order chi connectivity index (χ0) is 16.8. The highest BCUT2D eigenvalue weighted by Gasteiger charge is 2.23. The Labute approximate surface area is 163 Å². The van der Waals surface area contributed by atoms with Gasteiger partial charge in [0.25, 0.3) is 0 Å². The molecule has 3 N–H and O–H groups in total. The maximum Gasteiger partial charge on any atom is 0.221 e. The molecule has 5 nitrogen and oxygen atoms in total. The van der Waals surface area contributed by atoms with Crippen molar-refractivity contribution in [2.75, 3.05) is 19.6 Å². The Morgan fingerprint density at radius 3 is 3.04 bits per heavy atom. The van der Waals surface area contributed by atoms with Crippen molar-refractivity contribution in [1.29, 1.82) is 0 Å². The van der Waals surface area contributed by atoms with Crippen molar-refractivity contribution in [1.82, 2.24) is 15.2 Å². The number of carbonyl (C=O) groups excluding carboxylic acids is 1. The molecule has 0 bridgehead atoms. The van der Waals surface area contributed by atoms with Gasteiger partial charge in [0, 0.05) is 37.5 Å². The Morgan fingerprint density at radius 2 is 2.28 bits per heavy atom. The van der Waals surface area contributed by atoms with Gasteiger partial charge in [-0.1, -0.05) is 12.5 Å². The molecule has 2 aromatic heterocycles. The maximum atomic E-state index is 11.7. The second kappa shape index (κ2) is 10.2. The van der Waals surface area contributed by atoms with E-state index in [-0.39, 0.29) is 18.3 Å². The first-order valence-electron chi connectivity index (χ1n) is 8.45. The zero-order valence-electron chi connectivity index (χ0n) is 14.1. The van der Waals surface area contributed by atoms with Crippen LogP contribution >= 0.6 is 35.1 Å². The third-order valence-electron chi connectivity index (χ3n) is 4.30. The van der Waals surface area contributed by atoms with E-state index < -0.39 is 0 Å². The number of carbonyl (C=O) groups is 1. The molecule has 138 valence electrons. The summed E-state index contributed by atoms with van der Waals surface area (Å²) in [7, 11) is 0. The first-order valence-corrected chi connectivity index (χ1v) is 10.2. The van der Waals surface area contributed by atoms with Gasteiger partial charge in [-0.2, -0.15) is 0 Å². The van der Waals surface area contributed by atoms with Gasteiger partial charge in [0.1, 0.15) is 5.01 Å². The van der Waals surface area contributed by atoms with Crippen molar-refractivity contribution >= 4 is 41.0 Å². The molecule has 1 saturated heterocycles. The molecule has 25 heavy (non-hydrogen) atoms. The Bertz CT molecular complexity index is 647. The van der Waals surface area contributed by atoms with E-state index in [4.69, 9.17) is 10.7 Å². The molecular formula is C17H25ClN4OS2. The van der Waals surface area contributed by atoms with Crippen molar-refractivity contribution in [2.45, 2.75) is 38.3 Å². The molecule has 1 aliphatic heterocycles. The quantitative estimate of drug-likeness (QED) is 0.749. The molecule has 3 rings (SSSR count). The molecule has 1 unspecified atom stereocenters. The van der Waals surface area contributed by atoms with Gasteiger partial charge >= 0.3 is 0 Å². The highest BCUT2D eigenvalue weighted by Crippen LogP contribution is 2.29. The van der Waals surface area contributed by atoms with E-state index in [1.165, 1.54) is 17.7 Å². The minimum atomic E-state index is 0. The van der Waals surface area contributed by atoms with Crippen LogP contribution in [0.25, 0.3) is 9.88 Å². The Balaban J connectivity index is 0.00000225. The molecule has 2 aromatic rings. The van der Waals surface area contributed by atoms with Crippen LogP contribution in [0.3, 0.4) is 0 Å². The first-order chi connectivity index (χ1) is 11.8. The number of amides is 1. The highest BCUT2D eigenvalue weighted by atomic mass is 35.5. The third kappa shape index (κ3) is 5.76. The van der Waals surface area contributed by atoms with E-state index in [1.807, 2.05) is 0 Å². The topological polar surface area (TPSA) is 71.2 Å². The molecule has 8 heteroatoms. The van der Waals surface area contributed by atoms with Crippen LogP contribution in [0.5, 0.6) is 0 Å². The molecule has 1 amide bonds. The third-order valence-corrected chi connectivity index (χ3v) is 6.23. The number of thiophene rings is 1. The van der Waals surface area contributed by atoms with Gasteiger partial charge in [0.05, 0.1) is 10.6 Å². The summed E-state index contributed by atoms with van der Waals surface area (Å²) in [5.74, 6) is 0.0525. The van der Waals surface area contributed by atoms with Crippen LogP contribution in [0.1, 0.15) is 31.4 Å². The predicted octanol–water partition coefficient (Wildman–Crippen LogP) is 3.11. The number of likely N-dealkylation sites (tertiary alicyclic amines) is 1. The number of rotatable bonds is 7. The van der Waals surface area contributed by atoms with Crippen molar-refractivity contribution in [3.63, 3.8) is 0 Å². The summed E-state index contributed by atoms with van der Waals surface area (Å²) in [6.45, 7) is 3.05. The summed E-state index contributed by atoms with van der Waals surface area (Å²) in [5, 5.41) is 8.37. The van der Waals surface area contributed by atoms with Gasteiger partial charge < -0.3 is 11.1 Å². The number of halogens is 1. The number of thiazole rings is 1. The molecule has 0 saturated carbocycles. The normalized spacial score (nSPS) is 17.9. The van der Waals surface area contributed by atoms with Crippen LogP contribution < -0.4 is 11.1 Å².